The molecular weight excluding hydrogens is 1460 g/mol. The van der Waals surface area contributed by atoms with E-state index in [0.717, 1.165) is 122 Å². The van der Waals surface area contributed by atoms with Crippen LogP contribution in [-0.4, -0.2) is 49.8 Å². The van der Waals surface area contributed by atoms with Gasteiger partial charge in [-0.1, -0.05) is 291 Å². The fraction of sp³-hybridized carbons (Fsp3) is 0. The Morgan fingerprint density at radius 3 is 0.533 bits per heavy atom. The largest absolute Gasteiger partial charge is 0.265 e. The van der Waals surface area contributed by atoms with Crippen molar-refractivity contribution in [1.82, 2.24) is 49.8 Å². The molecular formula is C110H74N10. The van der Waals surface area contributed by atoms with Crippen LogP contribution in [-0.2, 0) is 0 Å². The van der Waals surface area contributed by atoms with Crippen LogP contribution < -0.4 is 0 Å². The summed E-state index contributed by atoms with van der Waals surface area (Å²) in [5.74, 6) is 3.34. The van der Waals surface area contributed by atoms with Crippen LogP contribution in [0.2, 0.25) is 0 Å². The molecule has 564 valence electrons. The quantitative estimate of drug-likeness (QED) is 0.0819. The summed E-state index contributed by atoms with van der Waals surface area (Å²) in [6, 6.07) is 141. The second-order valence-corrected chi connectivity index (χ2v) is 29.1. The zero-order valence-electron chi connectivity index (χ0n) is 65.2. The highest BCUT2D eigenvalue weighted by atomic mass is 15.0. The van der Waals surface area contributed by atoms with Crippen LogP contribution in [0.1, 0.15) is 0 Å². The molecule has 0 spiro atoms. The van der Waals surface area contributed by atoms with E-state index in [1.54, 1.807) is 49.6 Å². The maximum atomic E-state index is 5.14. The van der Waals surface area contributed by atoms with Gasteiger partial charge >= 0.3 is 0 Å². The average molecular weight is 1540 g/mol. The van der Waals surface area contributed by atoms with Crippen molar-refractivity contribution in [2.75, 3.05) is 0 Å². The van der Waals surface area contributed by atoms with Crippen molar-refractivity contribution in [3.8, 4) is 202 Å². The van der Waals surface area contributed by atoms with E-state index in [0.29, 0.717) is 34.9 Å². The van der Waals surface area contributed by atoms with Crippen LogP contribution >= 0.6 is 0 Å². The zero-order chi connectivity index (χ0) is 80.2. The van der Waals surface area contributed by atoms with Gasteiger partial charge in [-0.05, 0) is 243 Å². The molecule has 0 saturated carbocycles. The summed E-state index contributed by atoms with van der Waals surface area (Å²) >= 11 is 0. The Morgan fingerprint density at radius 2 is 0.308 bits per heavy atom. The smallest absolute Gasteiger partial charge is 0.165 e. The van der Waals surface area contributed by atoms with Gasteiger partial charge in [0.2, 0.25) is 0 Å². The summed E-state index contributed by atoms with van der Waals surface area (Å²) in [6.07, 6.45) is 14.1. The molecule has 0 bridgehead atoms. The van der Waals surface area contributed by atoms with Gasteiger partial charge < -0.3 is 0 Å². The standard InChI is InChI=1S/2C55H37N5/c1-5-15-38(16-6-1)49-27-25-42(34-51(49)40-19-9-3-10-20-40)46-31-47(43-26-28-50(39-17-7-2-8-18-39)52(35-43)41-21-11-4-12-22-41)33-48(32-46)55-59-53(44-23-13-29-56-36-44)58-54(60-55)45-24-14-30-57-37-45;1-5-13-38(14-6-1)49-23-21-44(36-51(49)40-17-9-3-10-18-40)46-33-47(45-22-24-50(39-15-7-2-8-16-39)52(37-45)41-19-11-4-12-20-41)35-48(34-46)55-59-53(42-25-29-56-30-26-42)58-54(60-55)43-27-31-57-32-28-43/h2*1-37H. The van der Waals surface area contributed by atoms with Crippen molar-refractivity contribution in [1.29, 1.82) is 0 Å². The summed E-state index contributed by atoms with van der Waals surface area (Å²) in [6.45, 7) is 0. The molecule has 0 unspecified atom stereocenters. The number of aromatic nitrogens is 10. The van der Waals surface area contributed by atoms with Crippen LogP contribution in [0.5, 0.6) is 0 Å². The van der Waals surface area contributed by atoms with Gasteiger partial charge in [-0.15, -0.1) is 0 Å². The first-order valence-electron chi connectivity index (χ1n) is 39.9. The molecule has 20 aromatic rings. The molecule has 10 nitrogen and oxygen atoms in total. The van der Waals surface area contributed by atoms with E-state index < -0.39 is 0 Å². The molecule has 0 amide bonds. The van der Waals surface area contributed by atoms with Crippen molar-refractivity contribution in [3.63, 3.8) is 0 Å². The first-order valence-corrected chi connectivity index (χ1v) is 39.9. The first-order chi connectivity index (χ1) is 59.5. The van der Waals surface area contributed by atoms with E-state index in [-0.39, 0.29) is 0 Å². The zero-order valence-corrected chi connectivity index (χ0v) is 65.2. The van der Waals surface area contributed by atoms with E-state index in [4.69, 9.17) is 29.9 Å². The maximum absolute atomic E-state index is 5.14. The van der Waals surface area contributed by atoms with Crippen LogP contribution in [0.15, 0.2) is 450 Å². The second-order valence-electron chi connectivity index (χ2n) is 29.1. The van der Waals surface area contributed by atoms with Crippen LogP contribution in [0.25, 0.3) is 202 Å². The van der Waals surface area contributed by atoms with E-state index in [9.17, 15) is 0 Å². The van der Waals surface area contributed by atoms with Gasteiger partial charge in [0.1, 0.15) is 0 Å². The van der Waals surface area contributed by atoms with Crippen LogP contribution in [0, 0.1) is 0 Å². The summed E-state index contributed by atoms with van der Waals surface area (Å²) in [5.41, 5.74) is 32.1. The molecule has 20 rings (SSSR count). The van der Waals surface area contributed by atoms with Crippen molar-refractivity contribution >= 4 is 0 Å². The van der Waals surface area contributed by atoms with Gasteiger partial charge in [-0.3, -0.25) is 19.9 Å². The van der Waals surface area contributed by atoms with E-state index >= 15 is 0 Å². The molecule has 0 saturated heterocycles. The van der Waals surface area contributed by atoms with E-state index in [1.165, 1.54) is 44.5 Å². The number of pyridine rings is 4. The topological polar surface area (TPSA) is 129 Å². The lowest BCUT2D eigenvalue weighted by Gasteiger charge is -2.17. The van der Waals surface area contributed by atoms with E-state index in [2.05, 4.69) is 372 Å². The highest BCUT2D eigenvalue weighted by molar-refractivity contribution is 5.95. The molecule has 10 heteroatoms. The van der Waals surface area contributed by atoms with Crippen molar-refractivity contribution in [3.05, 3.63) is 450 Å². The number of hydrogen-bond acceptors (Lipinski definition) is 10. The molecule has 0 fully saturated rings. The molecule has 0 atom stereocenters. The number of rotatable bonds is 18. The number of hydrogen-bond donors (Lipinski definition) is 0. The summed E-state index contributed by atoms with van der Waals surface area (Å²) in [5, 5.41) is 0. The van der Waals surface area contributed by atoms with Gasteiger partial charge in [0.15, 0.2) is 34.9 Å². The predicted octanol–water partition coefficient (Wildman–Crippen LogP) is 27.3. The lowest BCUT2D eigenvalue weighted by Crippen LogP contribution is -2.01. The third kappa shape index (κ3) is 16.3. The third-order valence-electron chi connectivity index (χ3n) is 21.5. The number of benzene rings is 14. The Labute approximate surface area is 697 Å². The second kappa shape index (κ2) is 34.4. The minimum atomic E-state index is 0.538. The monoisotopic (exact) mass is 1530 g/mol. The molecule has 120 heavy (non-hydrogen) atoms. The Morgan fingerprint density at radius 1 is 0.108 bits per heavy atom. The minimum absolute atomic E-state index is 0.538. The average Bonchev–Trinajstić information content (AvgIpc) is 0.771. The Kier molecular flexibility index (Phi) is 21.2. The molecule has 0 N–H and O–H groups in total. The Bertz CT molecular complexity index is 6120. The van der Waals surface area contributed by atoms with Gasteiger partial charge in [0, 0.05) is 83.0 Å². The third-order valence-corrected chi connectivity index (χ3v) is 21.5. The number of nitrogens with zero attached hydrogens (tertiary/aromatic N) is 10. The normalized spacial score (nSPS) is 11.0. The Hall–Kier alpha value is -16.3. The summed E-state index contributed by atoms with van der Waals surface area (Å²) in [7, 11) is 0. The fourth-order valence-electron chi connectivity index (χ4n) is 15.5. The molecule has 0 aliphatic rings. The van der Waals surface area contributed by atoms with Crippen LogP contribution in [0.4, 0.5) is 0 Å². The molecule has 0 aliphatic carbocycles. The molecule has 0 aliphatic heterocycles. The van der Waals surface area contributed by atoms with Gasteiger partial charge in [0.05, 0.1) is 0 Å². The predicted molar refractivity (Wildman–Crippen MR) is 489 cm³/mol. The Balaban J connectivity index is 0.000000159. The van der Waals surface area contributed by atoms with Crippen molar-refractivity contribution in [2.45, 2.75) is 0 Å². The van der Waals surface area contributed by atoms with Gasteiger partial charge in [0.25, 0.3) is 0 Å². The fourth-order valence-corrected chi connectivity index (χ4v) is 15.5. The highest BCUT2D eigenvalue weighted by Gasteiger charge is 2.22. The highest BCUT2D eigenvalue weighted by Crippen LogP contribution is 2.45. The van der Waals surface area contributed by atoms with E-state index in [1.807, 2.05) is 48.5 Å². The van der Waals surface area contributed by atoms with Crippen molar-refractivity contribution in [2.24, 2.45) is 0 Å². The summed E-state index contributed by atoms with van der Waals surface area (Å²) in [4.78, 5) is 47.7. The van der Waals surface area contributed by atoms with Gasteiger partial charge in [-0.2, -0.15) is 0 Å². The molecule has 14 aromatic carbocycles. The molecule has 6 aromatic heterocycles. The lowest BCUT2D eigenvalue weighted by atomic mass is 9.88. The summed E-state index contributed by atoms with van der Waals surface area (Å²) < 4.78 is 0. The van der Waals surface area contributed by atoms with Crippen LogP contribution in [0.3, 0.4) is 0 Å². The van der Waals surface area contributed by atoms with Crippen molar-refractivity contribution < 1.29 is 0 Å². The minimum Gasteiger partial charge on any atom is -0.265 e. The molecule has 0 radical (unpaired) electrons. The van der Waals surface area contributed by atoms with Gasteiger partial charge in [-0.25, -0.2) is 29.9 Å². The SMILES string of the molecule is c1ccc(-c2ccc(-c3cc(-c4ccc(-c5ccccc5)c(-c5ccccc5)c4)cc(-c4nc(-c5cccnc5)nc(-c5cccnc5)n4)c3)cc2-c2ccccc2)cc1.c1ccc(-c2ccc(-c3cc(-c4ccc(-c5ccccc5)c(-c5ccccc5)c4)cc(-c4nc(-c5ccncc5)nc(-c5ccncc5)n4)c3)cc2-c2ccccc2)cc1. The first kappa shape index (κ1) is 73.8. The molecule has 6 heterocycles. The maximum Gasteiger partial charge on any atom is 0.165 e. The lowest BCUT2D eigenvalue weighted by molar-refractivity contribution is 1.07.